The fourth-order valence-electron chi connectivity index (χ4n) is 5.02. The maximum absolute atomic E-state index is 13.3. The Labute approximate surface area is 233 Å². The van der Waals surface area contributed by atoms with Crippen molar-refractivity contribution < 1.29 is 22.7 Å². The Morgan fingerprint density at radius 2 is 1.76 bits per heavy atom. The summed E-state index contributed by atoms with van der Waals surface area (Å²) in [5.41, 5.74) is 0.878. The van der Waals surface area contributed by atoms with Gasteiger partial charge in [0.15, 0.2) is 0 Å². The number of fused-ring (bicyclic) bond motifs is 1. The molecule has 1 saturated heterocycles. The van der Waals surface area contributed by atoms with E-state index in [2.05, 4.69) is 20.2 Å². The number of rotatable bonds is 6. The number of piperazine rings is 1. The van der Waals surface area contributed by atoms with Crippen LogP contribution in [0.1, 0.15) is 46.4 Å². The van der Waals surface area contributed by atoms with Gasteiger partial charge in [0, 0.05) is 55.9 Å². The number of amides is 1. The predicted octanol–water partition coefficient (Wildman–Crippen LogP) is 4.22. The van der Waals surface area contributed by atoms with Crippen LogP contribution >= 0.6 is 0 Å². The molecule has 3 heterocycles. The van der Waals surface area contributed by atoms with Crippen LogP contribution in [-0.4, -0.2) is 63.3 Å². The number of aromatic nitrogens is 4. The minimum atomic E-state index is -4.49. The summed E-state index contributed by atoms with van der Waals surface area (Å²) in [4.78, 5) is 36.9. The molecule has 0 unspecified atom stereocenters. The molecule has 0 bridgehead atoms. The van der Waals surface area contributed by atoms with Gasteiger partial charge in [-0.2, -0.15) is 18.3 Å². The van der Waals surface area contributed by atoms with Crippen LogP contribution in [0.2, 0.25) is 0 Å². The zero-order valence-electron chi connectivity index (χ0n) is 22.0. The highest BCUT2D eigenvalue weighted by Crippen LogP contribution is 2.29. The number of halogens is 3. The van der Waals surface area contributed by atoms with Crippen LogP contribution in [0.4, 0.5) is 19.1 Å². The molecule has 1 amide bonds. The molecule has 12 heteroatoms. The second-order valence-electron chi connectivity index (χ2n) is 10.3. The first-order valence-electron chi connectivity index (χ1n) is 13.4. The summed E-state index contributed by atoms with van der Waals surface area (Å²) in [6.45, 7) is 1.55. The third-order valence-corrected chi connectivity index (χ3v) is 7.55. The molecule has 1 saturated carbocycles. The SMILES string of the molecule is O=C(c1cccc(Cc2n[nH]c(=O)c3ccc(OC4CCC4)cc23)c1)N1CCN(c2ncc(C(F)(F)F)cn2)CC1. The smallest absolute Gasteiger partial charge is 0.419 e. The van der Waals surface area contributed by atoms with Crippen LogP contribution in [0.15, 0.2) is 59.7 Å². The minimum Gasteiger partial charge on any atom is -0.490 e. The number of H-pyrrole nitrogens is 1. The van der Waals surface area contributed by atoms with Crippen molar-refractivity contribution >= 4 is 22.6 Å². The first-order chi connectivity index (χ1) is 19.7. The molecule has 1 aliphatic heterocycles. The first kappa shape index (κ1) is 26.7. The lowest BCUT2D eigenvalue weighted by atomic mass is 9.96. The van der Waals surface area contributed by atoms with Crippen molar-refractivity contribution in [3.8, 4) is 5.75 Å². The fraction of sp³-hybridized carbons (Fsp3) is 0.345. The summed E-state index contributed by atoms with van der Waals surface area (Å²) < 4.78 is 44.5. The lowest BCUT2D eigenvalue weighted by Crippen LogP contribution is -2.49. The van der Waals surface area contributed by atoms with Gasteiger partial charge in [0.2, 0.25) is 5.95 Å². The number of carbonyl (C=O) groups excluding carboxylic acids is 1. The zero-order valence-corrected chi connectivity index (χ0v) is 22.0. The summed E-state index contributed by atoms with van der Waals surface area (Å²) >= 11 is 0. The number of carbonyl (C=O) groups is 1. The van der Waals surface area contributed by atoms with Crippen molar-refractivity contribution in [3.05, 3.63) is 87.6 Å². The monoisotopic (exact) mass is 564 g/mol. The van der Waals surface area contributed by atoms with Gasteiger partial charge in [-0.1, -0.05) is 12.1 Å². The van der Waals surface area contributed by atoms with Crippen LogP contribution in [0, 0.1) is 0 Å². The molecule has 41 heavy (non-hydrogen) atoms. The van der Waals surface area contributed by atoms with E-state index in [1.165, 1.54) is 0 Å². The molecule has 6 rings (SSSR count). The maximum Gasteiger partial charge on any atom is 0.419 e. The minimum absolute atomic E-state index is 0.143. The number of aromatic amines is 1. The van der Waals surface area contributed by atoms with Gasteiger partial charge in [-0.25, -0.2) is 15.1 Å². The van der Waals surface area contributed by atoms with Crippen LogP contribution in [0.5, 0.6) is 5.75 Å². The lowest BCUT2D eigenvalue weighted by Gasteiger charge is -2.34. The number of ether oxygens (including phenoxy) is 1. The van der Waals surface area contributed by atoms with E-state index in [9.17, 15) is 22.8 Å². The molecule has 212 valence electrons. The van der Waals surface area contributed by atoms with E-state index in [0.717, 1.165) is 37.2 Å². The molecule has 0 spiro atoms. The normalized spacial score (nSPS) is 16.1. The van der Waals surface area contributed by atoms with Crippen LogP contribution < -0.4 is 15.2 Å². The van der Waals surface area contributed by atoms with E-state index < -0.39 is 11.7 Å². The largest absolute Gasteiger partial charge is 0.490 e. The van der Waals surface area contributed by atoms with Crippen molar-refractivity contribution in [2.24, 2.45) is 0 Å². The standard InChI is InChI=1S/C29H27F3N6O3/c30-29(31,32)20-16-33-28(34-17-20)38-11-9-37(10-12-38)27(40)19-4-1-3-18(13-19)14-25-24-15-22(41-21-5-2-6-21)7-8-23(24)26(39)36-35-25/h1,3-4,7-8,13,15-17,21H,2,5-6,9-12,14H2,(H,36,39). The first-order valence-corrected chi connectivity index (χ1v) is 13.4. The number of alkyl halides is 3. The van der Waals surface area contributed by atoms with Crippen LogP contribution in [0.3, 0.4) is 0 Å². The molecule has 2 aromatic carbocycles. The Hall–Kier alpha value is -4.48. The van der Waals surface area contributed by atoms with Crippen LogP contribution in [-0.2, 0) is 12.6 Å². The Kier molecular flexibility index (Phi) is 7.06. The third-order valence-electron chi connectivity index (χ3n) is 7.55. The Balaban J connectivity index is 1.14. The second-order valence-corrected chi connectivity index (χ2v) is 10.3. The molecule has 0 atom stereocenters. The lowest BCUT2D eigenvalue weighted by molar-refractivity contribution is -0.138. The topological polar surface area (TPSA) is 104 Å². The van der Waals surface area contributed by atoms with E-state index in [-0.39, 0.29) is 23.5 Å². The number of hydrogen-bond acceptors (Lipinski definition) is 7. The number of benzene rings is 2. The van der Waals surface area contributed by atoms with Crippen molar-refractivity contribution in [2.45, 2.75) is 38.0 Å². The number of anilines is 1. The molecule has 2 aliphatic rings. The zero-order chi connectivity index (χ0) is 28.6. The van der Waals surface area contributed by atoms with E-state index in [4.69, 9.17) is 4.74 Å². The summed E-state index contributed by atoms with van der Waals surface area (Å²) in [6, 6.07) is 12.7. The highest BCUT2D eigenvalue weighted by atomic mass is 19.4. The van der Waals surface area contributed by atoms with Crippen molar-refractivity contribution in [1.82, 2.24) is 25.1 Å². The molecule has 9 nitrogen and oxygen atoms in total. The molecule has 1 N–H and O–H groups in total. The van der Waals surface area contributed by atoms with Gasteiger partial charge in [0.1, 0.15) is 5.75 Å². The highest BCUT2D eigenvalue weighted by Gasteiger charge is 2.32. The highest BCUT2D eigenvalue weighted by molar-refractivity contribution is 5.94. The van der Waals surface area contributed by atoms with Gasteiger partial charge in [-0.05, 0) is 55.2 Å². The Morgan fingerprint density at radius 3 is 2.44 bits per heavy atom. The van der Waals surface area contributed by atoms with Crippen molar-refractivity contribution in [1.29, 1.82) is 0 Å². The summed E-state index contributed by atoms with van der Waals surface area (Å²) in [5, 5.41) is 8.12. The van der Waals surface area contributed by atoms with Gasteiger partial charge in [0.25, 0.3) is 11.5 Å². The third kappa shape index (κ3) is 5.72. The van der Waals surface area contributed by atoms with E-state index in [1.54, 1.807) is 21.9 Å². The molecule has 2 aromatic heterocycles. The number of nitrogens with zero attached hydrogens (tertiary/aromatic N) is 5. The van der Waals surface area contributed by atoms with Crippen LogP contribution in [0.25, 0.3) is 10.8 Å². The van der Waals surface area contributed by atoms with Gasteiger partial charge >= 0.3 is 6.18 Å². The molecular weight excluding hydrogens is 537 g/mol. The fourth-order valence-corrected chi connectivity index (χ4v) is 5.02. The van der Waals surface area contributed by atoms with E-state index in [1.807, 2.05) is 30.3 Å². The Morgan fingerprint density at radius 1 is 1.00 bits per heavy atom. The van der Waals surface area contributed by atoms with Gasteiger partial charge in [0.05, 0.1) is 22.7 Å². The van der Waals surface area contributed by atoms with Gasteiger partial charge < -0.3 is 14.5 Å². The Bertz CT molecular complexity index is 1630. The molecule has 4 aromatic rings. The van der Waals surface area contributed by atoms with E-state index in [0.29, 0.717) is 60.4 Å². The van der Waals surface area contributed by atoms with Crippen molar-refractivity contribution in [2.75, 3.05) is 31.1 Å². The van der Waals surface area contributed by atoms with Gasteiger partial charge in [-0.15, -0.1) is 0 Å². The number of nitrogens with one attached hydrogen (secondary N) is 1. The number of hydrogen-bond donors (Lipinski definition) is 1. The second kappa shape index (κ2) is 10.8. The average Bonchev–Trinajstić information content (AvgIpc) is 2.96. The summed E-state index contributed by atoms with van der Waals surface area (Å²) in [7, 11) is 0. The summed E-state index contributed by atoms with van der Waals surface area (Å²) in [5.74, 6) is 0.768. The molecule has 2 fully saturated rings. The molecule has 1 aliphatic carbocycles. The quantitative estimate of drug-likeness (QED) is 0.374. The average molecular weight is 565 g/mol. The van der Waals surface area contributed by atoms with E-state index >= 15 is 0 Å². The summed E-state index contributed by atoms with van der Waals surface area (Å²) in [6.07, 6.45) is 0.865. The molecular formula is C29H27F3N6O3. The molecule has 0 radical (unpaired) electrons. The van der Waals surface area contributed by atoms with Crippen molar-refractivity contribution in [3.63, 3.8) is 0 Å². The predicted molar refractivity (Wildman–Crippen MR) is 145 cm³/mol. The van der Waals surface area contributed by atoms with Gasteiger partial charge in [-0.3, -0.25) is 9.59 Å². The maximum atomic E-state index is 13.3.